The zero-order valence-corrected chi connectivity index (χ0v) is 19.8. The Hall–Kier alpha value is -0.236. The summed E-state index contributed by atoms with van der Waals surface area (Å²) in [4.78, 5) is 11.3. The van der Waals surface area contributed by atoms with Crippen molar-refractivity contribution in [1.29, 1.82) is 0 Å². The number of hydrogen-bond donors (Lipinski definition) is 0. The van der Waals surface area contributed by atoms with Crippen LogP contribution in [-0.2, 0) is 13.6 Å². The SMILES string of the molecule is C[C@H](C=O)[C@@H](/C=C/CO[Si](C)(C)C(C)(C)C)O[Si](C)(C)C(C)(C)C. The fourth-order valence-corrected chi connectivity index (χ4v) is 3.85. The zero-order valence-electron chi connectivity index (χ0n) is 17.8. The Balaban J connectivity index is 4.97. The maximum absolute atomic E-state index is 11.3. The van der Waals surface area contributed by atoms with Gasteiger partial charge in [0.1, 0.15) is 6.29 Å². The van der Waals surface area contributed by atoms with Crippen LogP contribution in [0.3, 0.4) is 0 Å². The third kappa shape index (κ3) is 6.94. The van der Waals surface area contributed by atoms with E-state index >= 15 is 0 Å². The van der Waals surface area contributed by atoms with E-state index in [2.05, 4.69) is 67.7 Å². The van der Waals surface area contributed by atoms with Crippen LogP contribution < -0.4 is 0 Å². The summed E-state index contributed by atoms with van der Waals surface area (Å²) in [6.07, 6.45) is 4.85. The van der Waals surface area contributed by atoms with Crippen molar-refractivity contribution < 1.29 is 13.6 Å². The van der Waals surface area contributed by atoms with E-state index in [0.29, 0.717) is 6.61 Å². The van der Waals surface area contributed by atoms with Gasteiger partial charge in [-0.15, -0.1) is 0 Å². The van der Waals surface area contributed by atoms with E-state index in [1.807, 2.05) is 19.1 Å². The molecule has 0 aliphatic carbocycles. The molecule has 3 nitrogen and oxygen atoms in total. The summed E-state index contributed by atoms with van der Waals surface area (Å²) in [6.45, 7) is 24.8. The monoisotopic (exact) mass is 372 g/mol. The lowest BCUT2D eigenvalue weighted by atomic mass is 10.1. The molecule has 0 bridgehead atoms. The van der Waals surface area contributed by atoms with Gasteiger partial charge in [0.05, 0.1) is 12.7 Å². The summed E-state index contributed by atoms with van der Waals surface area (Å²) >= 11 is 0. The first-order chi connectivity index (χ1) is 10.5. The van der Waals surface area contributed by atoms with Gasteiger partial charge in [0, 0.05) is 5.92 Å². The predicted molar refractivity (Wildman–Crippen MR) is 110 cm³/mol. The highest BCUT2D eigenvalue weighted by atomic mass is 28.4. The van der Waals surface area contributed by atoms with Crippen molar-refractivity contribution in [2.24, 2.45) is 5.92 Å². The van der Waals surface area contributed by atoms with Crippen LogP contribution in [0.1, 0.15) is 48.5 Å². The van der Waals surface area contributed by atoms with Crippen molar-refractivity contribution in [3.8, 4) is 0 Å². The third-order valence-electron chi connectivity index (χ3n) is 5.64. The number of aldehydes is 1. The molecule has 0 aromatic heterocycles. The van der Waals surface area contributed by atoms with Crippen LogP contribution in [0.4, 0.5) is 0 Å². The highest BCUT2D eigenvalue weighted by molar-refractivity contribution is 6.74. The zero-order chi connectivity index (χ0) is 19.4. The fraction of sp³-hybridized carbons (Fsp3) is 0.842. The van der Waals surface area contributed by atoms with Crippen LogP contribution in [0.2, 0.25) is 36.3 Å². The molecule has 24 heavy (non-hydrogen) atoms. The smallest absolute Gasteiger partial charge is 0.192 e. The van der Waals surface area contributed by atoms with E-state index in [-0.39, 0.29) is 22.1 Å². The molecule has 0 aliphatic heterocycles. The molecule has 0 fully saturated rings. The maximum atomic E-state index is 11.3. The van der Waals surface area contributed by atoms with Gasteiger partial charge < -0.3 is 13.6 Å². The highest BCUT2D eigenvalue weighted by Crippen LogP contribution is 2.38. The lowest BCUT2D eigenvalue weighted by Crippen LogP contribution is -2.45. The molecule has 0 N–H and O–H groups in total. The number of carbonyl (C=O) groups is 1. The number of hydrogen-bond acceptors (Lipinski definition) is 3. The van der Waals surface area contributed by atoms with E-state index in [4.69, 9.17) is 8.85 Å². The van der Waals surface area contributed by atoms with Crippen molar-refractivity contribution in [3.63, 3.8) is 0 Å². The summed E-state index contributed by atoms with van der Waals surface area (Å²) in [5.74, 6) is -0.150. The van der Waals surface area contributed by atoms with Gasteiger partial charge in [-0.25, -0.2) is 0 Å². The largest absolute Gasteiger partial charge is 0.413 e. The standard InChI is InChI=1S/C19H40O3Si2/c1-16(15-20)17(22-24(10,11)19(5,6)7)13-12-14-21-23(8,9)18(2,3)4/h12-13,15-17H,14H2,1-11H3/b13-12+/t16-,17-/m1/s1. The number of rotatable bonds is 8. The Morgan fingerprint density at radius 3 is 1.75 bits per heavy atom. The molecule has 0 rings (SSSR count). The molecule has 5 heteroatoms. The van der Waals surface area contributed by atoms with Crippen molar-refractivity contribution in [2.45, 2.75) is 90.8 Å². The van der Waals surface area contributed by atoms with Crippen LogP contribution in [0.15, 0.2) is 12.2 Å². The summed E-state index contributed by atoms with van der Waals surface area (Å²) in [5, 5.41) is 0.327. The van der Waals surface area contributed by atoms with Crippen LogP contribution in [-0.4, -0.2) is 35.6 Å². The molecule has 0 unspecified atom stereocenters. The minimum Gasteiger partial charge on any atom is -0.413 e. The molecule has 0 aliphatic rings. The summed E-state index contributed by atoms with van der Waals surface area (Å²) in [7, 11) is -3.66. The van der Waals surface area contributed by atoms with Gasteiger partial charge in [-0.05, 0) is 36.3 Å². The van der Waals surface area contributed by atoms with Gasteiger partial charge in [0.2, 0.25) is 0 Å². The van der Waals surface area contributed by atoms with Crippen LogP contribution in [0, 0.1) is 5.92 Å². The lowest BCUT2D eigenvalue weighted by Gasteiger charge is -2.39. The molecule has 2 atom stereocenters. The minimum atomic E-state index is -1.92. The van der Waals surface area contributed by atoms with E-state index in [1.54, 1.807) is 0 Å². The second-order valence-electron chi connectivity index (χ2n) is 9.84. The van der Waals surface area contributed by atoms with Gasteiger partial charge in [0.15, 0.2) is 16.6 Å². The van der Waals surface area contributed by atoms with Gasteiger partial charge in [0.25, 0.3) is 0 Å². The van der Waals surface area contributed by atoms with Crippen molar-refractivity contribution in [2.75, 3.05) is 6.61 Å². The molecule has 0 amide bonds. The summed E-state index contributed by atoms with van der Waals surface area (Å²) < 4.78 is 12.6. The quantitative estimate of drug-likeness (QED) is 0.307. The third-order valence-corrected chi connectivity index (χ3v) is 14.6. The average molecular weight is 373 g/mol. The predicted octanol–water partition coefficient (Wildman–Crippen LogP) is 5.79. The Kier molecular flexibility index (Phi) is 8.35. The van der Waals surface area contributed by atoms with Crippen molar-refractivity contribution in [1.82, 2.24) is 0 Å². The van der Waals surface area contributed by atoms with Gasteiger partial charge in [-0.3, -0.25) is 0 Å². The van der Waals surface area contributed by atoms with Crippen LogP contribution in [0.5, 0.6) is 0 Å². The molecule has 0 aromatic rings. The Bertz CT molecular complexity index is 429. The van der Waals surface area contributed by atoms with Crippen molar-refractivity contribution in [3.05, 3.63) is 12.2 Å². The van der Waals surface area contributed by atoms with Crippen LogP contribution >= 0.6 is 0 Å². The maximum Gasteiger partial charge on any atom is 0.192 e. The fourth-order valence-electron chi connectivity index (χ4n) is 1.58. The molecular weight excluding hydrogens is 332 g/mol. The average Bonchev–Trinajstić information content (AvgIpc) is 2.38. The molecular formula is C19H40O3Si2. The molecule has 0 spiro atoms. The molecule has 0 aromatic carbocycles. The highest BCUT2D eigenvalue weighted by Gasteiger charge is 2.40. The first kappa shape index (κ1) is 23.8. The lowest BCUT2D eigenvalue weighted by molar-refractivity contribution is -0.112. The van der Waals surface area contributed by atoms with E-state index in [9.17, 15) is 4.79 Å². The Morgan fingerprint density at radius 1 is 0.917 bits per heavy atom. The van der Waals surface area contributed by atoms with Gasteiger partial charge >= 0.3 is 0 Å². The van der Waals surface area contributed by atoms with Gasteiger partial charge in [-0.2, -0.15) is 0 Å². The molecule has 142 valence electrons. The topological polar surface area (TPSA) is 35.5 Å². The first-order valence-corrected chi connectivity index (χ1v) is 14.8. The van der Waals surface area contributed by atoms with E-state index in [1.165, 1.54) is 0 Å². The van der Waals surface area contributed by atoms with E-state index < -0.39 is 16.6 Å². The minimum absolute atomic E-state index is 0.124. The van der Waals surface area contributed by atoms with E-state index in [0.717, 1.165) is 6.29 Å². The second kappa shape index (κ2) is 8.43. The molecule has 0 heterocycles. The first-order valence-electron chi connectivity index (χ1n) is 8.99. The Morgan fingerprint density at radius 2 is 1.38 bits per heavy atom. The van der Waals surface area contributed by atoms with Gasteiger partial charge in [-0.1, -0.05) is 60.6 Å². The Labute approximate surface area is 152 Å². The van der Waals surface area contributed by atoms with Crippen LogP contribution in [0.25, 0.3) is 0 Å². The molecule has 0 saturated carbocycles. The number of carbonyl (C=O) groups excluding carboxylic acids is 1. The molecule has 0 saturated heterocycles. The second-order valence-corrected chi connectivity index (χ2v) is 19.4. The molecule has 0 radical (unpaired) electrons. The summed E-state index contributed by atoms with van der Waals surface area (Å²) in [5.41, 5.74) is 0. The summed E-state index contributed by atoms with van der Waals surface area (Å²) in [6, 6.07) is 0. The van der Waals surface area contributed by atoms with Crippen molar-refractivity contribution >= 4 is 22.9 Å². The normalized spacial score (nSPS) is 17.1.